The highest BCUT2D eigenvalue weighted by molar-refractivity contribution is 6.03. The molecule has 0 bridgehead atoms. The second-order valence-corrected chi connectivity index (χ2v) is 7.07. The van der Waals surface area contributed by atoms with Crippen molar-refractivity contribution in [3.8, 4) is 5.75 Å². The van der Waals surface area contributed by atoms with Crippen molar-refractivity contribution >= 4 is 29.2 Å². The van der Waals surface area contributed by atoms with E-state index in [2.05, 4.69) is 4.90 Å². The number of anilines is 2. The monoisotopic (exact) mass is 433 g/mol. The Labute approximate surface area is 180 Å². The number of hydrogen-bond donors (Lipinski definition) is 0. The summed E-state index contributed by atoms with van der Waals surface area (Å²) in [6.07, 6.45) is 0. The SMILES string of the molecule is COC(=O)C1=C(C(=O)OC)N(c2ccc(N3CCN(C(C)=O)CC3)cc2OC)COC1. The van der Waals surface area contributed by atoms with Gasteiger partial charge in [-0.1, -0.05) is 0 Å². The standard InChI is InChI=1S/C21H27N3O7/c1-14(25)22-7-9-23(10-8-22)15-5-6-17(18(11-15)28-2)24-13-31-12-16(20(26)29-3)19(24)21(27)30-4/h5-6,11H,7-10,12-13H2,1-4H3. The summed E-state index contributed by atoms with van der Waals surface area (Å²) in [6, 6.07) is 5.57. The van der Waals surface area contributed by atoms with Crippen LogP contribution in [0, 0.1) is 0 Å². The smallest absolute Gasteiger partial charge is 0.355 e. The first kappa shape index (κ1) is 22.4. The molecule has 10 nitrogen and oxygen atoms in total. The molecule has 1 fully saturated rings. The van der Waals surface area contributed by atoms with Gasteiger partial charge in [0.2, 0.25) is 5.91 Å². The molecule has 1 saturated heterocycles. The van der Waals surface area contributed by atoms with Crippen LogP contribution in [0.1, 0.15) is 6.92 Å². The lowest BCUT2D eigenvalue weighted by Crippen LogP contribution is -2.48. The fourth-order valence-corrected chi connectivity index (χ4v) is 3.70. The number of amides is 1. The Balaban J connectivity index is 1.94. The molecule has 1 amide bonds. The van der Waals surface area contributed by atoms with Crippen molar-refractivity contribution in [1.29, 1.82) is 0 Å². The lowest BCUT2D eigenvalue weighted by molar-refractivity contribution is -0.140. The molecule has 31 heavy (non-hydrogen) atoms. The number of esters is 2. The van der Waals surface area contributed by atoms with Gasteiger partial charge < -0.3 is 33.6 Å². The van der Waals surface area contributed by atoms with E-state index in [0.29, 0.717) is 37.6 Å². The molecule has 168 valence electrons. The number of ether oxygens (including phenoxy) is 4. The van der Waals surface area contributed by atoms with Crippen LogP contribution in [-0.2, 0) is 28.6 Å². The van der Waals surface area contributed by atoms with Gasteiger partial charge in [0.1, 0.15) is 18.2 Å². The molecule has 2 heterocycles. The van der Waals surface area contributed by atoms with E-state index in [1.807, 2.05) is 17.0 Å². The molecule has 0 radical (unpaired) electrons. The quantitative estimate of drug-likeness (QED) is 0.623. The Morgan fingerprint density at radius 3 is 2.23 bits per heavy atom. The van der Waals surface area contributed by atoms with Gasteiger partial charge in [-0.15, -0.1) is 0 Å². The molecule has 0 aliphatic carbocycles. The number of carbonyl (C=O) groups excluding carboxylic acids is 3. The molecule has 3 rings (SSSR count). The third kappa shape index (κ3) is 4.58. The number of hydrogen-bond acceptors (Lipinski definition) is 9. The van der Waals surface area contributed by atoms with Gasteiger partial charge in [0, 0.05) is 44.9 Å². The second kappa shape index (κ2) is 9.69. The fraction of sp³-hybridized carbons (Fsp3) is 0.476. The molecule has 0 saturated carbocycles. The molecular formula is C21H27N3O7. The molecular weight excluding hydrogens is 406 g/mol. The number of methoxy groups -OCH3 is 3. The van der Waals surface area contributed by atoms with Crippen LogP contribution in [-0.4, -0.2) is 83.6 Å². The highest BCUT2D eigenvalue weighted by atomic mass is 16.5. The van der Waals surface area contributed by atoms with E-state index in [-0.39, 0.29) is 30.5 Å². The summed E-state index contributed by atoms with van der Waals surface area (Å²) in [4.78, 5) is 41.8. The van der Waals surface area contributed by atoms with Gasteiger partial charge in [-0.3, -0.25) is 4.79 Å². The Morgan fingerprint density at radius 1 is 0.968 bits per heavy atom. The molecule has 2 aliphatic heterocycles. The highest BCUT2D eigenvalue weighted by Gasteiger charge is 2.34. The zero-order chi connectivity index (χ0) is 22.5. The van der Waals surface area contributed by atoms with Gasteiger partial charge in [0.25, 0.3) is 0 Å². The minimum Gasteiger partial charge on any atom is -0.494 e. The van der Waals surface area contributed by atoms with Crippen LogP contribution < -0.4 is 14.5 Å². The molecule has 10 heteroatoms. The molecule has 1 aromatic carbocycles. The zero-order valence-electron chi connectivity index (χ0n) is 18.2. The van der Waals surface area contributed by atoms with Gasteiger partial charge in [0.05, 0.1) is 39.2 Å². The maximum atomic E-state index is 12.5. The molecule has 0 atom stereocenters. The van der Waals surface area contributed by atoms with Crippen LogP contribution in [0.4, 0.5) is 11.4 Å². The van der Waals surface area contributed by atoms with Gasteiger partial charge in [-0.05, 0) is 12.1 Å². The maximum Gasteiger partial charge on any atom is 0.355 e. The van der Waals surface area contributed by atoms with E-state index in [1.54, 1.807) is 13.0 Å². The molecule has 0 unspecified atom stereocenters. The van der Waals surface area contributed by atoms with Gasteiger partial charge in [-0.25, -0.2) is 9.59 Å². The summed E-state index contributed by atoms with van der Waals surface area (Å²) in [5.74, 6) is -0.761. The van der Waals surface area contributed by atoms with E-state index in [4.69, 9.17) is 18.9 Å². The first-order valence-electron chi connectivity index (χ1n) is 9.84. The zero-order valence-corrected chi connectivity index (χ0v) is 18.2. The van der Waals surface area contributed by atoms with Crippen molar-refractivity contribution < 1.29 is 33.3 Å². The Morgan fingerprint density at radius 2 is 1.65 bits per heavy atom. The van der Waals surface area contributed by atoms with Gasteiger partial charge in [-0.2, -0.15) is 0 Å². The summed E-state index contributed by atoms with van der Waals surface area (Å²) in [7, 11) is 4.02. The van der Waals surface area contributed by atoms with Crippen molar-refractivity contribution in [1.82, 2.24) is 4.90 Å². The molecule has 2 aliphatic rings. The van der Waals surface area contributed by atoms with Crippen LogP contribution >= 0.6 is 0 Å². The van der Waals surface area contributed by atoms with E-state index < -0.39 is 11.9 Å². The lowest BCUT2D eigenvalue weighted by atomic mass is 10.1. The Hall–Kier alpha value is -3.27. The second-order valence-electron chi connectivity index (χ2n) is 7.07. The van der Waals surface area contributed by atoms with E-state index in [0.717, 1.165) is 5.69 Å². The number of nitrogens with zero attached hydrogens (tertiary/aromatic N) is 3. The minimum atomic E-state index is -0.671. The summed E-state index contributed by atoms with van der Waals surface area (Å²) >= 11 is 0. The number of carbonyl (C=O) groups is 3. The number of rotatable bonds is 5. The maximum absolute atomic E-state index is 12.5. The van der Waals surface area contributed by atoms with E-state index in [1.165, 1.54) is 26.2 Å². The number of benzene rings is 1. The van der Waals surface area contributed by atoms with Crippen LogP contribution in [0.25, 0.3) is 0 Å². The summed E-state index contributed by atoms with van der Waals surface area (Å²) in [6.45, 7) is 4.26. The predicted octanol–water partition coefficient (Wildman–Crippen LogP) is 0.758. The summed E-state index contributed by atoms with van der Waals surface area (Å²) < 4.78 is 20.8. The average molecular weight is 433 g/mol. The van der Waals surface area contributed by atoms with Gasteiger partial charge in [0.15, 0.2) is 0 Å². The lowest BCUT2D eigenvalue weighted by Gasteiger charge is -2.36. The van der Waals surface area contributed by atoms with Crippen LogP contribution in [0.3, 0.4) is 0 Å². The first-order valence-corrected chi connectivity index (χ1v) is 9.84. The third-order valence-electron chi connectivity index (χ3n) is 5.38. The van der Waals surface area contributed by atoms with Crippen LogP contribution in [0.2, 0.25) is 0 Å². The molecule has 0 N–H and O–H groups in total. The Bertz CT molecular complexity index is 891. The number of piperazine rings is 1. The summed E-state index contributed by atoms with van der Waals surface area (Å²) in [5.41, 5.74) is 1.61. The van der Waals surface area contributed by atoms with Crippen molar-refractivity contribution in [2.45, 2.75) is 6.92 Å². The van der Waals surface area contributed by atoms with E-state index in [9.17, 15) is 14.4 Å². The van der Waals surface area contributed by atoms with Crippen LogP contribution in [0.15, 0.2) is 29.5 Å². The largest absolute Gasteiger partial charge is 0.494 e. The minimum absolute atomic E-state index is 0.0396. The van der Waals surface area contributed by atoms with Crippen molar-refractivity contribution in [2.75, 3.05) is 70.6 Å². The van der Waals surface area contributed by atoms with Gasteiger partial charge >= 0.3 is 11.9 Å². The first-order chi connectivity index (χ1) is 14.9. The highest BCUT2D eigenvalue weighted by Crippen LogP contribution is 2.37. The topological polar surface area (TPSA) is 97.9 Å². The normalized spacial score (nSPS) is 16.8. The average Bonchev–Trinajstić information content (AvgIpc) is 2.82. The van der Waals surface area contributed by atoms with Crippen molar-refractivity contribution in [2.24, 2.45) is 0 Å². The van der Waals surface area contributed by atoms with E-state index >= 15 is 0 Å². The summed E-state index contributed by atoms with van der Waals surface area (Å²) in [5, 5.41) is 0. The third-order valence-corrected chi connectivity index (χ3v) is 5.38. The van der Waals surface area contributed by atoms with Crippen molar-refractivity contribution in [3.05, 3.63) is 29.5 Å². The fourth-order valence-electron chi connectivity index (χ4n) is 3.70. The molecule has 1 aromatic rings. The predicted molar refractivity (Wildman–Crippen MR) is 112 cm³/mol. The van der Waals surface area contributed by atoms with Crippen LogP contribution in [0.5, 0.6) is 5.75 Å². The Kier molecular flexibility index (Phi) is 7.01. The van der Waals surface area contributed by atoms with Crippen molar-refractivity contribution in [3.63, 3.8) is 0 Å². The molecule has 0 spiro atoms. The molecule has 0 aromatic heterocycles.